The monoisotopic (exact) mass is 334 g/mol. The van der Waals surface area contributed by atoms with E-state index in [2.05, 4.69) is 21.2 Å². The molecule has 3 aliphatic rings. The van der Waals surface area contributed by atoms with Gasteiger partial charge in [0.15, 0.2) is 0 Å². The molecular weight excluding hydrogens is 320 g/mol. The van der Waals surface area contributed by atoms with E-state index >= 15 is 0 Å². The highest BCUT2D eigenvalue weighted by atomic mass is 79.9. The van der Waals surface area contributed by atoms with Gasteiger partial charge < -0.3 is 10.2 Å². The average Bonchev–Trinajstić information content (AvgIpc) is 3.13. The number of nitrogens with one attached hydrogen (secondary N) is 1. The minimum atomic E-state index is -0.538. The van der Waals surface area contributed by atoms with Gasteiger partial charge in [-0.3, -0.25) is 9.59 Å². The lowest BCUT2D eigenvalue weighted by Gasteiger charge is -2.22. The van der Waals surface area contributed by atoms with Crippen LogP contribution >= 0.6 is 15.9 Å². The molecule has 1 aliphatic carbocycles. The van der Waals surface area contributed by atoms with Crippen LogP contribution in [0, 0.1) is 5.92 Å². The first-order valence-corrected chi connectivity index (χ1v) is 7.80. The second-order valence-corrected chi connectivity index (χ2v) is 6.93. The molecule has 0 aromatic heterocycles. The first kappa shape index (κ1) is 12.4. The summed E-state index contributed by atoms with van der Waals surface area (Å²) in [6.07, 6.45) is 2.74. The molecule has 2 aliphatic heterocycles. The Balaban J connectivity index is 1.70. The third kappa shape index (κ3) is 1.65. The quantitative estimate of drug-likeness (QED) is 0.856. The van der Waals surface area contributed by atoms with Crippen molar-refractivity contribution in [1.82, 2.24) is 4.90 Å². The largest absolute Gasteiger partial charge is 0.341 e. The van der Waals surface area contributed by atoms with Crippen molar-refractivity contribution in [2.45, 2.75) is 24.7 Å². The molecule has 2 fully saturated rings. The Kier molecular flexibility index (Phi) is 2.52. The van der Waals surface area contributed by atoms with Crippen molar-refractivity contribution in [3.63, 3.8) is 0 Å². The smallest absolute Gasteiger partial charge is 0.236 e. The SMILES string of the molecule is O=C(C1CC1)N1CCC2(C1)C(=O)Nc1ccc(Br)cc12. The van der Waals surface area contributed by atoms with Crippen LogP contribution in [0.1, 0.15) is 24.8 Å². The molecule has 4 rings (SSSR count). The molecule has 1 saturated carbocycles. The van der Waals surface area contributed by atoms with Crippen molar-refractivity contribution in [2.75, 3.05) is 18.4 Å². The van der Waals surface area contributed by atoms with Crippen molar-refractivity contribution < 1.29 is 9.59 Å². The third-order valence-electron chi connectivity index (χ3n) is 4.69. The molecular formula is C15H15BrN2O2. The van der Waals surface area contributed by atoms with Crippen LogP contribution in [-0.2, 0) is 15.0 Å². The van der Waals surface area contributed by atoms with Gasteiger partial charge in [0.1, 0.15) is 0 Å². The summed E-state index contributed by atoms with van der Waals surface area (Å²) in [6.45, 7) is 1.21. The van der Waals surface area contributed by atoms with Crippen molar-refractivity contribution >= 4 is 33.4 Å². The molecule has 5 heteroatoms. The van der Waals surface area contributed by atoms with Crippen LogP contribution < -0.4 is 5.32 Å². The number of likely N-dealkylation sites (tertiary alicyclic amines) is 1. The zero-order valence-corrected chi connectivity index (χ0v) is 12.6. The molecule has 0 radical (unpaired) electrons. The van der Waals surface area contributed by atoms with E-state index in [0.29, 0.717) is 13.1 Å². The van der Waals surface area contributed by atoms with Crippen LogP contribution in [0.4, 0.5) is 5.69 Å². The molecule has 2 heterocycles. The van der Waals surface area contributed by atoms with Crippen LogP contribution in [0.15, 0.2) is 22.7 Å². The van der Waals surface area contributed by atoms with Crippen molar-refractivity contribution in [1.29, 1.82) is 0 Å². The van der Waals surface area contributed by atoms with Crippen molar-refractivity contribution in [2.24, 2.45) is 5.92 Å². The molecule has 1 spiro atoms. The molecule has 2 amide bonds. The summed E-state index contributed by atoms with van der Waals surface area (Å²) in [5.74, 6) is 0.492. The summed E-state index contributed by atoms with van der Waals surface area (Å²) in [5.41, 5.74) is 1.38. The van der Waals surface area contributed by atoms with E-state index in [1.54, 1.807) is 0 Å². The highest BCUT2D eigenvalue weighted by Gasteiger charge is 2.53. The number of carbonyl (C=O) groups excluding carboxylic acids is 2. The molecule has 1 atom stereocenters. The maximum Gasteiger partial charge on any atom is 0.236 e. The van der Waals surface area contributed by atoms with E-state index in [1.165, 1.54) is 0 Å². The summed E-state index contributed by atoms with van der Waals surface area (Å²) in [5, 5.41) is 2.96. The summed E-state index contributed by atoms with van der Waals surface area (Å²) in [7, 11) is 0. The number of hydrogen-bond acceptors (Lipinski definition) is 2. The molecule has 1 aromatic rings. The number of fused-ring (bicyclic) bond motifs is 2. The fourth-order valence-electron chi connectivity index (χ4n) is 3.38. The fraction of sp³-hybridized carbons (Fsp3) is 0.467. The van der Waals surface area contributed by atoms with Crippen molar-refractivity contribution in [3.8, 4) is 0 Å². The molecule has 104 valence electrons. The van der Waals surface area contributed by atoms with Gasteiger partial charge in [-0.05, 0) is 43.0 Å². The van der Waals surface area contributed by atoms with Gasteiger partial charge in [-0.15, -0.1) is 0 Å². The Morgan fingerprint density at radius 1 is 1.40 bits per heavy atom. The predicted octanol–water partition coefficient (Wildman–Crippen LogP) is 2.28. The molecule has 0 bridgehead atoms. The topological polar surface area (TPSA) is 49.4 Å². The van der Waals surface area contributed by atoms with E-state index in [4.69, 9.17) is 0 Å². The first-order chi connectivity index (χ1) is 9.60. The molecule has 1 saturated heterocycles. The van der Waals surface area contributed by atoms with Gasteiger partial charge in [0.05, 0.1) is 5.41 Å². The minimum Gasteiger partial charge on any atom is -0.341 e. The summed E-state index contributed by atoms with van der Waals surface area (Å²) in [4.78, 5) is 26.6. The maximum absolute atomic E-state index is 12.5. The second kappa shape index (κ2) is 4.07. The number of rotatable bonds is 1. The van der Waals surface area contributed by atoms with Crippen LogP contribution in [-0.4, -0.2) is 29.8 Å². The zero-order valence-electron chi connectivity index (χ0n) is 11.0. The molecule has 4 nitrogen and oxygen atoms in total. The molecule has 1 N–H and O–H groups in total. The molecule has 1 aromatic carbocycles. The Morgan fingerprint density at radius 3 is 2.95 bits per heavy atom. The van der Waals surface area contributed by atoms with Crippen LogP contribution in [0.5, 0.6) is 0 Å². The van der Waals surface area contributed by atoms with Crippen molar-refractivity contribution in [3.05, 3.63) is 28.2 Å². The maximum atomic E-state index is 12.5. The Hall–Kier alpha value is -1.36. The van der Waals surface area contributed by atoms with Crippen LogP contribution in [0.25, 0.3) is 0 Å². The normalized spacial score (nSPS) is 27.9. The number of halogens is 1. The van der Waals surface area contributed by atoms with E-state index in [0.717, 1.165) is 35.0 Å². The lowest BCUT2D eigenvalue weighted by Crippen LogP contribution is -2.39. The van der Waals surface area contributed by atoms with Gasteiger partial charge in [-0.2, -0.15) is 0 Å². The first-order valence-electron chi connectivity index (χ1n) is 7.00. The summed E-state index contributed by atoms with van der Waals surface area (Å²) < 4.78 is 0.971. The molecule has 1 unspecified atom stereocenters. The highest BCUT2D eigenvalue weighted by Crippen LogP contribution is 2.46. The van der Waals surface area contributed by atoms with E-state index in [9.17, 15) is 9.59 Å². The predicted molar refractivity (Wildman–Crippen MR) is 78.4 cm³/mol. The lowest BCUT2D eigenvalue weighted by molar-refractivity contribution is -0.131. The van der Waals surface area contributed by atoms with E-state index in [-0.39, 0.29) is 17.7 Å². The zero-order chi connectivity index (χ0) is 13.9. The fourth-order valence-corrected chi connectivity index (χ4v) is 3.74. The summed E-state index contributed by atoms with van der Waals surface area (Å²) >= 11 is 3.47. The lowest BCUT2D eigenvalue weighted by atomic mass is 9.81. The standard InChI is InChI=1S/C15H15BrN2O2/c16-10-3-4-12-11(7-10)15(14(20)17-12)5-6-18(8-15)13(19)9-1-2-9/h3-4,7,9H,1-2,5-6,8H2,(H,17,20). The van der Waals surface area contributed by atoms with Gasteiger partial charge in [-0.1, -0.05) is 15.9 Å². The number of hydrogen-bond donors (Lipinski definition) is 1. The highest BCUT2D eigenvalue weighted by molar-refractivity contribution is 9.10. The number of nitrogens with zero attached hydrogens (tertiary/aromatic N) is 1. The van der Waals surface area contributed by atoms with Crippen LogP contribution in [0.3, 0.4) is 0 Å². The molecule has 20 heavy (non-hydrogen) atoms. The van der Waals surface area contributed by atoms with Gasteiger partial charge >= 0.3 is 0 Å². The van der Waals surface area contributed by atoms with Gasteiger partial charge in [0.2, 0.25) is 11.8 Å². The average molecular weight is 335 g/mol. The van der Waals surface area contributed by atoms with Gasteiger partial charge in [0.25, 0.3) is 0 Å². The Labute approximate surface area is 125 Å². The number of amides is 2. The number of benzene rings is 1. The van der Waals surface area contributed by atoms with E-state index in [1.807, 2.05) is 23.1 Å². The summed E-state index contributed by atoms with van der Waals surface area (Å²) in [6, 6.07) is 5.87. The van der Waals surface area contributed by atoms with Crippen LogP contribution in [0.2, 0.25) is 0 Å². The van der Waals surface area contributed by atoms with E-state index < -0.39 is 5.41 Å². The number of carbonyl (C=O) groups is 2. The van der Waals surface area contributed by atoms with Gasteiger partial charge in [0, 0.05) is 29.2 Å². The Bertz CT molecular complexity index is 626. The number of anilines is 1. The Morgan fingerprint density at radius 2 is 2.20 bits per heavy atom. The minimum absolute atomic E-state index is 0.0386. The van der Waals surface area contributed by atoms with Gasteiger partial charge in [-0.25, -0.2) is 0 Å². The third-order valence-corrected chi connectivity index (χ3v) is 5.18. The second-order valence-electron chi connectivity index (χ2n) is 6.01.